The molecule has 4 N–H and O–H groups in total. The topological polar surface area (TPSA) is 102 Å². The molecule has 7 nitrogen and oxygen atoms in total. The molecule has 2 heterocycles. The number of nitrogens with one attached hydrogen (secondary N) is 2. The van der Waals surface area contributed by atoms with Crippen LogP contribution in [0.25, 0.3) is 0 Å². The first-order valence-corrected chi connectivity index (χ1v) is 5.92. The molecule has 0 bridgehead atoms. The molecule has 2 atom stereocenters. The maximum absolute atomic E-state index is 11.9. The van der Waals surface area contributed by atoms with E-state index in [-0.39, 0.29) is 23.7 Å². The molecule has 0 aromatic carbocycles. The third-order valence-electron chi connectivity index (χ3n) is 2.91. The lowest BCUT2D eigenvalue weighted by Gasteiger charge is -2.19. The van der Waals surface area contributed by atoms with Crippen molar-refractivity contribution in [2.24, 2.45) is 5.84 Å². The molecule has 2 rings (SSSR count). The predicted octanol–water partition coefficient (Wildman–Crippen LogP) is 0.0595. The molecule has 1 aliphatic heterocycles. The minimum atomic E-state index is -0.255. The molecule has 98 valence electrons. The second kappa shape index (κ2) is 5.74. The fourth-order valence-electron chi connectivity index (χ4n) is 1.89. The van der Waals surface area contributed by atoms with Gasteiger partial charge in [0.1, 0.15) is 5.69 Å². The van der Waals surface area contributed by atoms with Gasteiger partial charge in [0.15, 0.2) is 5.82 Å². The van der Waals surface area contributed by atoms with E-state index in [4.69, 9.17) is 10.6 Å². The molecule has 7 heteroatoms. The van der Waals surface area contributed by atoms with Crippen LogP contribution in [0.15, 0.2) is 12.4 Å². The first kappa shape index (κ1) is 12.7. The first-order chi connectivity index (χ1) is 8.70. The van der Waals surface area contributed by atoms with Crippen molar-refractivity contribution in [3.05, 3.63) is 18.1 Å². The molecule has 0 spiro atoms. The zero-order valence-corrected chi connectivity index (χ0v) is 10.2. The lowest BCUT2D eigenvalue weighted by atomic mass is 10.1. The number of hydrazine groups is 1. The Morgan fingerprint density at radius 3 is 2.94 bits per heavy atom. The van der Waals surface area contributed by atoms with E-state index in [1.54, 1.807) is 0 Å². The van der Waals surface area contributed by atoms with Gasteiger partial charge in [0.2, 0.25) is 0 Å². The van der Waals surface area contributed by atoms with E-state index in [9.17, 15) is 4.79 Å². The molecule has 1 fully saturated rings. The number of carbonyl (C=O) groups excluding carboxylic acids is 1. The Morgan fingerprint density at radius 2 is 2.39 bits per heavy atom. The second-order valence-corrected chi connectivity index (χ2v) is 4.24. The monoisotopic (exact) mass is 251 g/mol. The Hall–Kier alpha value is -1.73. The van der Waals surface area contributed by atoms with Crippen LogP contribution >= 0.6 is 0 Å². The summed E-state index contributed by atoms with van der Waals surface area (Å²) in [6, 6.07) is -0.0332. The van der Waals surface area contributed by atoms with E-state index >= 15 is 0 Å². The van der Waals surface area contributed by atoms with E-state index in [1.807, 2.05) is 6.92 Å². The van der Waals surface area contributed by atoms with Crippen LogP contribution in [0, 0.1) is 0 Å². The third-order valence-corrected chi connectivity index (χ3v) is 2.91. The van der Waals surface area contributed by atoms with Gasteiger partial charge < -0.3 is 15.5 Å². The van der Waals surface area contributed by atoms with Gasteiger partial charge in [-0.2, -0.15) is 0 Å². The van der Waals surface area contributed by atoms with Gasteiger partial charge in [0.25, 0.3) is 5.91 Å². The van der Waals surface area contributed by atoms with Gasteiger partial charge in [0, 0.05) is 6.61 Å². The number of amides is 1. The van der Waals surface area contributed by atoms with Crippen molar-refractivity contribution in [3.8, 4) is 0 Å². The lowest BCUT2D eigenvalue weighted by molar-refractivity contribution is 0.0709. The van der Waals surface area contributed by atoms with Crippen LogP contribution < -0.4 is 16.6 Å². The molecule has 0 radical (unpaired) electrons. The molecule has 1 amide bonds. The van der Waals surface area contributed by atoms with Gasteiger partial charge in [-0.1, -0.05) is 0 Å². The second-order valence-electron chi connectivity index (χ2n) is 4.24. The lowest BCUT2D eigenvalue weighted by Crippen LogP contribution is -2.41. The number of nitrogens with zero attached hydrogens (tertiary/aromatic N) is 2. The van der Waals surface area contributed by atoms with Gasteiger partial charge in [0.05, 0.1) is 24.5 Å². The van der Waals surface area contributed by atoms with Crippen molar-refractivity contribution >= 4 is 11.7 Å². The Kier molecular flexibility index (Phi) is 4.06. The van der Waals surface area contributed by atoms with Crippen LogP contribution in [-0.2, 0) is 4.74 Å². The summed E-state index contributed by atoms with van der Waals surface area (Å²) < 4.78 is 5.51. The Bertz CT molecular complexity index is 402. The summed E-state index contributed by atoms with van der Waals surface area (Å²) in [5.74, 6) is 5.33. The van der Waals surface area contributed by atoms with Gasteiger partial charge in [-0.3, -0.25) is 4.79 Å². The van der Waals surface area contributed by atoms with Crippen molar-refractivity contribution in [1.82, 2.24) is 15.3 Å². The van der Waals surface area contributed by atoms with Gasteiger partial charge in [-0.05, 0) is 19.8 Å². The van der Waals surface area contributed by atoms with Crippen LogP contribution in [-0.4, -0.2) is 34.6 Å². The summed E-state index contributed by atoms with van der Waals surface area (Å²) in [7, 11) is 0. The largest absolute Gasteiger partial charge is 0.376 e. The molecule has 18 heavy (non-hydrogen) atoms. The number of ether oxygens (including phenoxy) is 1. The minimum Gasteiger partial charge on any atom is -0.376 e. The highest BCUT2D eigenvalue weighted by Crippen LogP contribution is 2.15. The molecule has 0 aliphatic carbocycles. The van der Waals surface area contributed by atoms with Crippen LogP contribution in [0.3, 0.4) is 0 Å². The third kappa shape index (κ3) is 2.93. The summed E-state index contributed by atoms with van der Waals surface area (Å²) in [5.41, 5.74) is 2.62. The van der Waals surface area contributed by atoms with Crippen LogP contribution in [0.2, 0.25) is 0 Å². The van der Waals surface area contributed by atoms with Crippen LogP contribution in [0.1, 0.15) is 30.3 Å². The molecule has 0 saturated carbocycles. The average Bonchev–Trinajstić information content (AvgIpc) is 2.92. The van der Waals surface area contributed by atoms with E-state index in [2.05, 4.69) is 20.7 Å². The standard InChI is InChI=1S/C11H17N5O2/c1-7(9-3-2-4-18-9)15-11(17)8-5-14-10(16-12)6-13-8/h5-7,9H,2-4,12H2,1H3,(H,14,16)(H,15,17). The van der Waals surface area contributed by atoms with E-state index in [0.717, 1.165) is 19.4 Å². The smallest absolute Gasteiger partial charge is 0.271 e. The first-order valence-electron chi connectivity index (χ1n) is 5.92. The number of nitrogens with two attached hydrogens (primary N) is 1. The van der Waals surface area contributed by atoms with Crippen molar-refractivity contribution in [2.75, 3.05) is 12.0 Å². The van der Waals surface area contributed by atoms with Gasteiger partial charge in [-0.15, -0.1) is 0 Å². The predicted molar refractivity (Wildman–Crippen MR) is 65.7 cm³/mol. The van der Waals surface area contributed by atoms with E-state index < -0.39 is 0 Å². The fourth-order valence-corrected chi connectivity index (χ4v) is 1.89. The van der Waals surface area contributed by atoms with Gasteiger partial charge >= 0.3 is 0 Å². The fraction of sp³-hybridized carbons (Fsp3) is 0.545. The highest BCUT2D eigenvalue weighted by Gasteiger charge is 2.24. The summed E-state index contributed by atoms with van der Waals surface area (Å²) in [4.78, 5) is 19.8. The summed E-state index contributed by atoms with van der Waals surface area (Å²) in [6.07, 6.45) is 4.90. The molecular formula is C11H17N5O2. The molecule has 1 aromatic heterocycles. The number of hydrogen-bond donors (Lipinski definition) is 3. The molecule has 1 aromatic rings. The number of carbonyl (C=O) groups is 1. The van der Waals surface area contributed by atoms with Crippen molar-refractivity contribution in [3.63, 3.8) is 0 Å². The zero-order chi connectivity index (χ0) is 13.0. The van der Waals surface area contributed by atoms with Gasteiger partial charge in [-0.25, -0.2) is 15.8 Å². The summed E-state index contributed by atoms with van der Waals surface area (Å²) in [6.45, 7) is 2.69. The van der Waals surface area contributed by atoms with Crippen LogP contribution in [0.4, 0.5) is 5.82 Å². The zero-order valence-electron chi connectivity index (χ0n) is 10.2. The highest BCUT2D eigenvalue weighted by molar-refractivity contribution is 5.92. The Morgan fingerprint density at radius 1 is 1.56 bits per heavy atom. The molecule has 1 aliphatic rings. The Balaban J connectivity index is 1.93. The highest BCUT2D eigenvalue weighted by atomic mass is 16.5. The maximum Gasteiger partial charge on any atom is 0.271 e. The summed E-state index contributed by atoms with van der Waals surface area (Å²) in [5, 5.41) is 2.86. The van der Waals surface area contributed by atoms with Crippen molar-refractivity contribution < 1.29 is 9.53 Å². The average molecular weight is 251 g/mol. The molecule has 1 saturated heterocycles. The van der Waals surface area contributed by atoms with E-state index in [1.165, 1.54) is 12.4 Å². The SMILES string of the molecule is CC(NC(=O)c1cnc(NN)cn1)C1CCCO1. The quantitative estimate of drug-likeness (QED) is 0.516. The number of nitrogen functional groups attached to an aromatic ring is 1. The number of aromatic nitrogens is 2. The van der Waals surface area contributed by atoms with E-state index in [0.29, 0.717) is 5.82 Å². The number of hydrogen-bond acceptors (Lipinski definition) is 6. The van der Waals surface area contributed by atoms with Crippen LogP contribution in [0.5, 0.6) is 0 Å². The van der Waals surface area contributed by atoms with Crippen molar-refractivity contribution in [2.45, 2.75) is 31.9 Å². The number of rotatable bonds is 4. The molecular weight excluding hydrogens is 234 g/mol. The Labute approximate surface area is 105 Å². The normalized spacial score (nSPS) is 20.4. The maximum atomic E-state index is 11.9. The summed E-state index contributed by atoms with van der Waals surface area (Å²) >= 11 is 0. The number of anilines is 1. The van der Waals surface area contributed by atoms with Crippen molar-refractivity contribution in [1.29, 1.82) is 0 Å². The minimum absolute atomic E-state index is 0.0332. The molecule has 2 unspecified atom stereocenters.